The van der Waals surface area contributed by atoms with Crippen LogP contribution in [-0.4, -0.2) is 31.8 Å². The summed E-state index contributed by atoms with van der Waals surface area (Å²) in [6.45, 7) is 3.99. The number of allylic oxidation sites excluding steroid dienone is 1. The summed E-state index contributed by atoms with van der Waals surface area (Å²) in [5, 5.41) is 0.366. The van der Waals surface area contributed by atoms with Gasteiger partial charge in [0.05, 0.1) is 17.8 Å². The number of esters is 1. The maximum atomic E-state index is 14.2. The topological polar surface area (TPSA) is 92.9 Å². The minimum Gasteiger partial charge on any atom is -0.466 e. The fourth-order valence-electron chi connectivity index (χ4n) is 5.82. The standard InChI is InChI=1S/C27H25BrClN3O4/c1-26(2)12-19-21(20(33)13-26)27(15-7-5-6-8-17(15)31(3)25(27)35)22(24(34)36-4)23(30)32(19)18-10-9-14(28)11-16(18)29/h5-11H,12-13,30H2,1-4H3. The number of likely N-dealkylation sites (N-methyl/N-ethyl adjacent to an activating group) is 1. The van der Waals surface area contributed by atoms with Gasteiger partial charge >= 0.3 is 5.97 Å². The maximum Gasteiger partial charge on any atom is 0.339 e. The molecule has 0 saturated carbocycles. The van der Waals surface area contributed by atoms with Crippen molar-refractivity contribution in [2.75, 3.05) is 24.0 Å². The fourth-order valence-corrected chi connectivity index (χ4v) is 6.58. The number of ether oxygens (including phenoxy) is 1. The zero-order chi connectivity index (χ0) is 26.2. The van der Waals surface area contributed by atoms with Crippen molar-refractivity contribution in [2.24, 2.45) is 11.1 Å². The van der Waals surface area contributed by atoms with Gasteiger partial charge in [0.1, 0.15) is 16.8 Å². The average molecular weight is 571 g/mol. The summed E-state index contributed by atoms with van der Waals surface area (Å²) < 4.78 is 5.95. The van der Waals surface area contributed by atoms with Crippen LogP contribution in [0.2, 0.25) is 5.02 Å². The first-order chi connectivity index (χ1) is 17.0. The van der Waals surface area contributed by atoms with Gasteiger partial charge < -0.3 is 15.4 Å². The Morgan fingerprint density at radius 3 is 2.47 bits per heavy atom. The molecule has 3 aliphatic rings. The highest BCUT2D eigenvalue weighted by Crippen LogP contribution is 2.58. The number of fused-ring (bicyclic) bond motifs is 3. The highest BCUT2D eigenvalue weighted by molar-refractivity contribution is 9.10. The molecule has 0 radical (unpaired) electrons. The van der Waals surface area contributed by atoms with Crippen molar-refractivity contribution < 1.29 is 19.1 Å². The number of methoxy groups -OCH3 is 1. The second-order valence-corrected chi connectivity index (χ2v) is 11.4. The van der Waals surface area contributed by atoms with E-state index < -0.39 is 22.7 Å². The van der Waals surface area contributed by atoms with Crippen LogP contribution in [0.1, 0.15) is 32.3 Å². The minimum absolute atomic E-state index is 0.00813. The summed E-state index contributed by atoms with van der Waals surface area (Å²) in [5.74, 6) is -1.41. The molecular formula is C27H25BrClN3O4. The van der Waals surface area contributed by atoms with Gasteiger partial charge in [-0.1, -0.05) is 59.6 Å². The lowest BCUT2D eigenvalue weighted by molar-refractivity contribution is -0.138. The van der Waals surface area contributed by atoms with Crippen LogP contribution >= 0.6 is 27.5 Å². The van der Waals surface area contributed by atoms with E-state index in [0.717, 1.165) is 4.47 Å². The number of nitrogens with zero attached hydrogens (tertiary/aromatic N) is 2. The number of nitrogens with two attached hydrogens (primary N) is 1. The number of carbonyl (C=O) groups excluding carboxylic acids is 3. The number of hydrogen-bond acceptors (Lipinski definition) is 6. The fraction of sp³-hybridized carbons (Fsp3) is 0.296. The molecule has 1 aliphatic carbocycles. The monoisotopic (exact) mass is 569 g/mol. The molecule has 1 spiro atoms. The Kier molecular flexibility index (Phi) is 5.61. The molecule has 1 atom stereocenters. The van der Waals surface area contributed by atoms with Gasteiger partial charge in [-0.2, -0.15) is 0 Å². The Balaban J connectivity index is 1.96. The summed E-state index contributed by atoms with van der Waals surface area (Å²) in [4.78, 5) is 44.9. The lowest BCUT2D eigenvalue weighted by Crippen LogP contribution is -2.55. The molecule has 5 rings (SSSR count). The zero-order valence-electron chi connectivity index (χ0n) is 20.3. The smallest absolute Gasteiger partial charge is 0.339 e. The van der Waals surface area contributed by atoms with E-state index in [2.05, 4.69) is 15.9 Å². The number of Topliss-reactive ketones (excluding diaryl/α,β-unsaturated/α-hetero) is 1. The van der Waals surface area contributed by atoms with E-state index in [0.29, 0.717) is 34.1 Å². The second kappa shape index (κ2) is 8.21. The zero-order valence-corrected chi connectivity index (χ0v) is 22.7. The molecule has 7 nitrogen and oxygen atoms in total. The van der Waals surface area contributed by atoms with Crippen molar-refractivity contribution in [3.63, 3.8) is 0 Å². The van der Waals surface area contributed by atoms with E-state index in [4.69, 9.17) is 22.1 Å². The molecule has 2 N–H and O–H groups in total. The van der Waals surface area contributed by atoms with Gasteiger partial charge in [0.25, 0.3) is 0 Å². The highest BCUT2D eigenvalue weighted by atomic mass is 79.9. The molecule has 2 aromatic rings. The van der Waals surface area contributed by atoms with Crippen molar-refractivity contribution in [1.82, 2.24) is 0 Å². The summed E-state index contributed by atoms with van der Waals surface area (Å²) in [6.07, 6.45) is 0.652. The van der Waals surface area contributed by atoms with E-state index >= 15 is 0 Å². The normalized spacial score (nSPS) is 22.8. The molecule has 0 bridgehead atoms. The molecule has 0 aromatic heterocycles. The molecular weight excluding hydrogens is 546 g/mol. The van der Waals surface area contributed by atoms with Crippen LogP contribution in [-0.2, 0) is 24.5 Å². The molecule has 2 aromatic carbocycles. The van der Waals surface area contributed by atoms with E-state index in [-0.39, 0.29) is 29.2 Å². The van der Waals surface area contributed by atoms with Gasteiger partial charge in [-0.3, -0.25) is 14.5 Å². The van der Waals surface area contributed by atoms with Gasteiger partial charge in [0, 0.05) is 40.5 Å². The highest BCUT2D eigenvalue weighted by Gasteiger charge is 2.64. The number of benzene rings is 2. The Morgan fingerprint density at radius 1 is 1.11 bits per heavy atom. The average Bonchev–Trinajstić information content (AvgIpc) is 3.02. The van der Waals surface area contributed by atoms with Gasteiger partial charge in [0.2, 0.25) is 5.91 Å². The van der Waals surface area contributed by atoms with Gasteiger partial charge in [0.15, 0.2) is 5.78 Å². The van der Waals surface area contributed by atoms with Crippen molar-refractivity contribution in [3.8, 4) is 0 Å². The molecule has 1 unspecified atom stereocenters. The molecule has 9 heteroatoms. The third-order valence-electron chi connectivity index (χ3n) is 7.20. The van der Waals surface area contributed by atoms with Crippen LogP contribution in [0.4, 0.5) is 11.4 Å². The second-order valence-electron chi connectivity index (χ2n) is 10.1. The lowest BCUT2D eigenvalue weighted by atomic mass is 9.60. The van der Waals surface area contributed by atoms with Gasteiger partial charge in [-0.15, -0.1) is 0 Å². The summed E-state index contributed by atoms with van der Waals surface area (Å²) in [7, 11) is 2.87. The number of para-hydroxylation sites is 1. The number of carbonyl (C=O) groups is 3. The van der Waals surface area contributed by atoms with E-state index in [1.165, 1.54) is 12.0 Å². The molecule has 0 fully saturated rings. The van der Waals surface area contributed by atoms with Gasteiger partial charge in [-0.05, 0) is 36.1 Å². The van der Waals surface area contributed by atoms with E-state index in [9.17, 15) is 14.4 Å². The summed E-state index contributed by atoms with van der Waals surface area (Å²) in [6, 6.07) is 12.4. The third kappa shape index (κ3) is 3.20. The number of rotatable bonds is 2. The van der Waals surface area contributed by atoms with Crippen LogP contribution in [0.25, 0.3) is 0 Å². The first kappa shape index (κ1) is 24.6. The molecule has 2 aliphatic heterocycles. The number of hydrogen-bond donors (Lipinski definition) is 1. The Morgan fingerprint density at radius 2 is 1.81 bits per heavy atom. The predicted molar refractivity (Wildman–Crippen MR) is 141 cm³/mol. The minimum atomic E-state index is -1.72. The summed E-state index contributed by atoms with van der Waals surface area (Å²) in [5.41, 5.74) is 7.05. The Hall–Kier alpha value is -3.10. The first-order valence-electron chi connectivity index (χ1n) is 11.4. The molecule has 1 amide bonds. The van der Waals surface area contributed by atoms with Crippen LogP contribution < -0.4 is 15.5 Å². The number of amides is 1. The molecule has 36 heavy (non-hydrogen) atoms. The molecule has 186 valence electrons. The number of halogens is 2. The Labute approximate surface area is 222 Å². The van der Waals surface area contributed by atoms with Crippen LogP contribution in [0, 0.1) is 5.41 Å². The van der Waals surface area contributed by atoms with Crippen LogP contribution in [0.3, 0.4) is 0 Å². The molecule has 2 heterocycles. The van der Waals surface area contributed by atoms with Crippen LogP contribution in [0.5, 0.6) is 0 Å². The quantitative estimate of drug-likeness (QED) is 0.521. The van der Waals surface area contributed by atoms with Crippen molar-refractivity contribution >= 4 is 56.6 Å². The van der Waals surface area contributed by atoms with Crippen LogP contribution in [0.15, 0.2) is 69.6 Å². The van der Waals surface area contributed by atoms with Crippen molar-refractivity contribution in [2.45, 2.75) is 32.1 Å². The largest absolute Gasteiger partial charge is 0.466 e. The SMILES string of the molecule is COC(=O)C1=C(N)N(c2ccc(Br)cc2Cl)C2=C(C(=O)CC(C)(C)C2)C12C(=O)N(C)c1ccccc12. The number of anilines is 2. The lowest BCUT2D eigenvalue weighted by Gasteiger charge is -2.47. The van der Waals surface area contributed by atoms with Gasteiger partial charge in [-0.25, -0.2) is 4.79 Å². The Bertz CT molecular complexity index is 1430. The predicted octanol–water partition coefficient (Wildman–Crippen LogP) is 4.82. The van der Waals surface area contributed by atoms with Crippen molar-refractivity contribution in [3.05, 3.63) is 80.2 Å². The van der Waals surface area contributed by atoms with Crippen molar-refractivity contribution in [1.29, 1.82) is 0 Å². The third-order valence-corrected chi connectivity index (χ3v) is 8.00. The molecule has 0 saturated heterocycles. The maximum absolute atomic E-state index is 14.2. The first-order valence-corrected chi connectivity index (χ1v) is 12.6. The van der Waals surface area contributed by atoms with E-state index in [1.54, 1.807) is 48.3 Å². The number of ketones is 1. The van der Waals surface area contributed by atoms with E-state index in [1.807, 2.05) is 19.9 Å². The summed E-state index contributed by atoms with van der Waals surface area (Å²) >= 11 is 10.1.